The zero-order chi connectivity index (χ0) is 19.9. The lowest BCUT2D eigenvalue weighted by atomic mass is 10.2. The van der Waals surface area contributed by atoms with Gasteiger partial charge in [0.1, 0.15) is 13.2 Å². The van der Waals surface area contributed by atoms with Crippen LogP contribution in [-0.2, 0) is 6.54 Å². The summed E-state index contributed by atoms with van der Waals surface area (Å²) in [6.07, 6.45) is 0. The number of guanidine groups is 1. The summed E-state index contributed by atoms with van der Waals surface area (Å²) in [7, 11) is 3.21. The Balaban J connectivity index is 1.77. The molecular formula is C20H24ClN3O4. The largest absolute Gasteiger partial charge is 0.493 e. The van der Waals surface area contributed by atoms with Crippen molar-refractivity contribution in [3.63, 3.8) is 0 Å². The molecule has 0 fully saturated rings. The van der Waals surface area contributed by atoms with Gasteiger partial charge in [0.25, 0.3) is 0 Å². The highest BCUT2D eigenvalue weighted by Crippen LogP contribution is 2.38. The molecule has 0 aromatic heterocycles. The molecule has 1 aliphatic heterocycles. The number of hydrogen-bond acceptors (Lipinski definition) is 5. The van der Waals surface area contributed by atoms with Crippen molar-refractivity contribution in [2.75, 3.05) is 39.3 Å². The fourth-order valence-electron chi connectivity index (χ4n) is 2.78. The van der Waals surface area contributed by atoms with E-state index in [1.54, 1.807) is 14.2 Å². The Morgan fingerprint density at radius 3 is 2.64 bits per heavy atom. The number of hydrogen-bond donors (Lipinski definition) is 2. The second kappa shape index (κ2) is 9.41. The van der Waals surface area contributed by atoms with Crippen LogP contribution in [0.4, 0.5) is 5.69 Å². The van der Waals surface area contributed by atoms with Crippen LogP contribution in [0.5, 0.6) is 23.0 Å². The Hall–Kier alpha value is -2.80. The summed E-state index contributed by atoms with van der Waals surface area (Å²) in [6.45, 7) is 4.18. The van der Waals surface area contributed by atoms with Crippen LogP contribution in [0.2, 0.25) is 5.02 Å². The average molecular weight is 406 g/mol. The summed E-state index contributed by atoms with van der Waals surface area (Å²) in [5.74, 6) is 3.20. The molecule has 0 unspecified atom stereocenters. The van der Waals surface area contributed by atoms with E-state index in [2.05, 4.69) is 15.6 Å². The molecular weight excluding hydrogens is 382 g/mol. The molecule has 2 aromatic rings. The molecule has 0 atom stereocenters. The van der Waals surface area contributed by atoms with Crippen molar-refractivity contribution in [3.8, 4) is 23.0 Å². The zero-order valence-electron chi connectivity index (χ0n) is 16.2. The highest BCUT2D eigenvalue weighted by atomic mass is 35.5. The van der Waals surface area contributed by atoms with Crippen LogP contribution in [0.3, 0.4) is 0 Å². The molecule has 3 rings (SSSR count). The van der Waals surface area contributed by atoms with E-state index in [1.165, 1.54) is 0 Å². The van der Waals surface area contributed by atoms with E-state index in [9.17, 15) is 0 Å². The summed E-state index contributed by atoms with van der Waals surface area (Å²) in [5, 5.41) is 7.02. The second-order valence-electron chi connectivity index (χ2n) is 5.99. The van der Waals surface area contributed by atoms with E-state index in [0.717, 1.165) is 17.8 Å². The van der Waals surface area contributed by atoms with Gasteiger partial charge in [0.05, 0.1) is 25.8 Å². The number of methoxy groups -OCH3 is 2. The first kappa shape index (κ1) is 19.9. The number of nitrogens with one attached hydrogen (secondary N) is 2. The van der Waals surface area contributed by atoms with Crippen LogP contribution < -0.4 is 29.6 Å². The SMILES string of the molecule is CCNC(=NCc1cc(Cl)c2c(c1)OCCO2)Nc1ccc(OC)c(OC)c1. The van der Waals surface area contributed by atoms with Crippen molar-refractivity contribution >= 4 is 23.2 Å². The first-order valence-corrected chi connectivity index (χ1v) is 9.37. The third-order valence-electron chi connectivity index (χ3n) is 4.07. The molecule has 0 bridgehead atoms. The van der Waals surface area contributed by atoms with Crippen molar-refractivity contribution in [1.29, 1.82) is 0 Å². The van der Waals surface area contributed by atoms with Crippen LogP contribution in [0.15, 0.2) is 35.3 Å². The first-order valence-electron chi connectivity index (χ1n) is 9.00. The topological polar surface area (TPSA) is 73.3 Å². The van der Waals surface area contributed by atoms with Crippen LogP contribution in [-0.4, -0.2) is 39.9 Å². The van der Waals surface area contributed by atoms with Gasteiger partial charge in [-0.05, 0) is 36.8 Å². The highest BCUT2D eigenvalue weighted by Gasteiger charge is 2.16. The Morgan fingerprint density at radius 2 is 1.89 bits per heavy atom. The van der Waals surface area contributed by atoms with Gasteiger partial charge >= 0.3 is 0 Å². The molecule has 0 saturated carbocycles. The van der Waals surface area contributed by atoms with Gasteiger partial charge in [-0.25, -0.2) is 4.99 Å². The summed E-state index contributed by atoms with van der Waals surface area (Å²) >= 11 is 6.31. The number of aliphatic imine (C=N–C) groups is 1. The molecule has 0 saturated heterocycles. The maximum Gasteiger partial charge on any atom is 0.196 e. The monoisotopic (exact) mass is 405 g/mol. The van der Waals surface area contributed by atoms with Crippen molar-refractivity contribution in [2.24, 2.45) is 4.99 Å². The number of nitrogens with zero attached hydrogens (tertiary/aromatic N) is 1. The molecule has 0 spiro atoms. The normalized spacial score (nSPS) is 13.1. The molecule has 0 amide bonds. The van der Waals surface area contributed by atoms with Crippen LogP contribution in [0.25, 0.3) is 0 Å². The van der Waals surface area contributed by atoms with E-state index in [4.69, 9.17) is 30.5 Å². The summed E-state index contributed by atoms with van der Waals surface area (Å²) in [6, 6.07) is 9.34. The van der Waals surface area contributed by atoms with E-state index in [0.29, 0.717) is 53.7 Å². The standard InChI is InChI=1S/C20H24ClN3O4/c1-4-22-20(24-14-5-6-16(25-2)17(11-14)26-3)23-12-13-9-15(21)19-18(10-13)27-7-8-28-19/h5-6,9-11H,4,7-8,12H2,1-3H3,(H2,22,23,24). The highest BCUT2D eigenvalue weighted by molar-refractivity contribution is 6.32. The second-order valence-corrected chi connectivity index (χ2v) is 6.40. The number of benzene rings is 2. The van der Waals surface area contributed by atoms with Crippen LogP contribution in [0, 0.1) is 0 Å². The van der Waals surface area contributed by atoms with Gasteiger partial charge < -0.3 is 29.6 Å². The van der Waals surface area contributed by atoms with Gasteiger partial charge in [0, 0.05) is 18.3 Å². The van der Waals surface area contributed by atoms with Crippen molar-refractivity contribution in [2.45, 2.75) is 13.5 Å². The number of halogens is 1. The summed E-state index contributed by atoms with van der Waals surface area (Å²) in [4.78, 5) is 4.63. The van der Waals surface area contributed by atoms with Crippen LogP contribution in [0.1, 0.15) is 12.5 Å². The fraction of sp³-hybridized carbons (Fsp3) is 0.350. The van der Waals surface area contributed by atoms with E-state index in [-0.39, 0.29) is 0 Å². The van der Waals surface area contributed by atoms with Gasteiger partial charge in [-0.15, -0.1) is 0 Å². The summed E-state index contributed by atoms with van der Waals surface area (Å²) < 4.78 is 21.8. The third kappa shape index (κ3) is 4.72. The minimum absolute atomic E-state index is 0.430. The van der Waals surface area contributed by atoms with Gasteiger partial charge in [-0.2, -0.15) is 0 Å². The Labute approximate surface area is 169 Å². The molecule has 1 aliphatic rings. The Bertz CT molecular complexity index is 858. The molecule has 0 radical (unpaired) electrons. The lowest BCUT2D eigenvalue weighted by molar-refractivity contribution is 0.171. The average Bonchev–Trinajstić information content (AvgIpc) is 2.72. The van der Waals surface area contributed by atoms with Crippen molar-refractivity contribution in [3.05, 3.63) is 40.9 Å². The molecule has 0 aliphatic carbocycles. The van der Waals surface area contributed by atoms with Gasteiger partial charge in [-0.1, -0.05) is 11.6 Å². The molecule has 2 aromatic carbocycles. The van der Waals surface area contributed by atoms with Crippen molar-refractivity contribution < 1.29 is 18.9 Å². The van der Waals surface area contributed by atoms with Crippen molar-refractivity contribution in [1.82, 2.24) is 5.32 Å². The van der Waals surface area contributed by atoms with E-state index >= 15 is 0 Å². The smallest absolute Gasteiger partial charge is 0.196 e. The molecule has 1 heterocycles. The van der Waals surface area contributed by atoms with E-state index in [1.807, 2.05) is 37.3 Å². The molecule has 7 nitrogen and oxygen atoms in total. The number of ether oxygens (including phenoxy) is 4. The zero-order valence-corrected chi connectivity index (χ0v) is 16.9. The number of anilines is 1. The Morgan fingerprint density at radius 1 is 1.11 bits per heavy atom. The molecule has 8 heteroatoms. The fourth-order valence-corrected chi connectivity index (χ4v) is 3.07. The molecule has 2 N–H and O–H groups in total. The first-order chi connectivity index (χ1) is 13.6. The summed E-state index contributed by atoms with van der Waals surface area (Å²) in [5.41, 5.74) is 1.76. The van der Waals surface area contributed by atoms with Gasteiger partial charge in [0.2, 0.25) is 0 Å². The maximum absolute atomic E-state index is 6.31. The minimum atomic E-state index is 0.430. The van der Waals surface area contributed by atoms with Gasteiger partial charge in [0.15, 0.2) is 29.0 Å². The molecule has 28 heavy (non-hydrogen) atoms. The van der Waals surface area contributed by atoms with Gasteiger partial charge in [-0.3, -0.25) is 0 Å². The lowest BCUT2D eigenvalue weighted by Crippen LogP contribution is -2.30. The van der Waals surface area contributed by atoms with Crippen LogP contribution >= 0.6 is 11.6 Å². The number of fused-ring (bicyclic) bond motifs is 1. The lowest BCUT2D eigenvalue weighted by Gasteiger charge is -2.20. The molecule has 150 valence electrons. The number of rotatable bonds is 6. The Kier molecular flexibility index (Phi) is 6.71. The predicted molar refractivity (Wildman–Crippen MR) is 110 cm³/mol. The quantitative estimate of drug-likeness (QED) is 0.564. The van der Waals surface area contributed by atoms with E-state index < -0.39 is 0 Å². The maximum atomic E-state index is 6.31. The minimum Gasteiger partial charge on any atom is -0.493 e. The predicted octanol–water partition coefficient (Wildman–Crippen LogP) is 3.71. The third-order valence-corrected chi connectivity index (χ3v) is 4.35.